The number of para-hydroxylation sites is 2. The predicted octanol–water partition coefficient (Wildman–Crippen LogP) is 3.81. The Bertz CT molecular complexity index is 1470. The van der Waals surface area contributed by atoms with E-state index in [1.54, 1.807) is 12.1 Å². The van der Waals surface area contributed by atoms with Gasteiger partial charge in [0.25, 0.3) is 11.8 Å². The number of hydrogen-bond acceptors (Lipinski definition) is 6. The quantitative estimate of drug-likeness (QED) is 0.308. The van der Waals surface area contributed by atoms with Crippen LogP contribution in [0.5, 0.6) is 0 Å². The van der Waals surface area contributed by atoms with Crippen LogP contribution in [0, 0.1) is 6.92 Å². The number of nitrogens with zero attached hydrogens (tertiary/aromatic N) is 3. The smallest absolute Gasteiger partial charge is 0.255 e. The van der Waals surface area contributed by atoms with Gasteiger partial charge in [-0.1, -0.05) is 35.9 Å². The van der Waals surface area contributed by atoms with E-state index >= 15 is 0 Å². The topological polar surface area (TPSA) is 108 Å². The Morgan fingerprint density at radius 1 is 1.16 bits per heavy atom. The summed E-state index contributed by atoms with van der Waals surface area (Å²) in [6, 6.07) is 16.9. The van der Waals surface area contributed by atoms with Crippen molar-refractivity contribution >= 4 is 45.8 Å². The van der Waals surface area contributed by atoms with E-state index in [2.05, 4.69) is 14.9 Å². The van der Waals surface area contributed by atoms with Gasteiger partial charge in [-0.3, -0.25) is 9.59 Å². The van der Waals surface area contributed by atoms with Crippen molar-refractivity contribution in [1.29, 1.82) is 0 Å². The maximum absolute atomic E-state index is 13.0. The Hall–Kier alpha value is -3.24. The molecule has 0 saturated carbocycles. The zero-order valence-corrected chi connectivity index (χ0v) is 22.5. The van der Waals surface area contributed by atoms with Crippen LogP contribution in [0.25, 0.3) is 11.0 Å². The van der Waals surface area contributed by atoms with Gasteiger partial charge < -0.3 is 25.0 Å². The SMILES string of the molecule is Cc1nc2ccccc2n1Cc1csc(CNC(=O)[C@H](O)C(O)C(=O)N2CCC[C@@H]2c2cccc(Cl)c2)c1. The van der Waals surface area contributed by atoms with Crippen molar-refractivity contribution in [3.63, 3.8) is 0 Å². The van der Waals surface area contributed by atoms with E-state index in [9.17, 15) is 19.8 Å². The summed E-state index contributed by atoms with van der Waals surface area (Å²) in [6.07, 6.45) is -2.25. The molecule has 1 aliphatic heterocycles. The standard InChI is InChI=1S/C28H29ClN4O4S/c1-17-31-22-8-2-3-9-24(22)33(17)15-18-12-21(38-16-18)14-30-27(36)25(34)26(35)28(37)32-11-5-10-23(32)19-6-4-7-20(29)13-19/h2-4,6-9,12-13,16,23,25-26,34-35H,5,10-11,14-15H2,1H3,(H,30,36)/t23-,25-,26?/m1/s1. The lowest BCUT2D eigenvalue weighted by Crippen LogP contribution is -2.50. The number of likely N-dealkylation sites (tertiary alicyclic amines) is 1. The third-order valence-corrected chi connectivity index (χ3v) is 8.14. The first-order valence-corrected chi connectivity index (χ1v) is 13.8. The minimum Gasteiger partial charge on any atom is -0.380 e. The second-order valence-corrected chi connectivity index (χ2v) is 10.9. The van der Waals surface area contributed by atoms with Crippen LogP contribution in [-0.2, 0) is 22.7 Å². The number of carbonyl (C=O) groups is 2. The van der Waals surface area contributed by atoms with Crippen molar-refractivity contribution in [3.05, 3.63) is 86.8 Å². The largest absolute Gasteiger partial charge is 0.380 e. The lowest BCUT2D eigenvalue weighted by molar-refractivity contribution is -0.153. The number of rotatable bonds is 8. The number of nitrogens with one attached hydrogen (secondary N) is 1. The van der Waals surface area contributed by atoms with Crippen molar-refractivity contribution in [1.82, 2.24) is 19.8 Å². The number of halogens is 1. The first-order valence-electron chi connectivity index (χ1n) is 12.5. The zero-order valence-electron chi connectivity index (χ0n) is 20.9. The van der Waals surface area contributed by atoms with E-state index < -0.39 is 24.0 Å². The number of amides is 2. The highest BCUT2D eigenvalue weighted by molar-refractivity contribution is 7.10. The lowest BCUT2D eigenvalue weighted by Gasteiger charge is -2.28. The first-order chi connectivity index (χ1) is 18.3. The summed E-state index contributed by atoms with van der Waals surface area (Å²) in [5.41, 5.74) is 3.94. The number of aromatic nitrogens is 2. The Morgan fingerprint density at radius 2 is 1.97 bits per heavy atom. The molecule has 1 saturated heterocycles. The monoisotopic (exact) mass is 552 g/mol. The van der Waals surface area contributed by atoms with Gasteiger partial charge in [-0.2, -0.15) is 0 Å². The fourth-order valence-electron chi connectivity index (χ4n) is 5.00. The van der Waals surface area contributed by atoms with Gasteiger partial charge in [0.15, 0.2) is 12.2 Å². The van der Waals surface area contributed by atoms with E-state index in [-0.39, 0.29) is 12.6 Å². The second-order valence-electron chi connectivity index (χ2n) is 9.51. The van der Waals surface area contributed by atoms with Crippen molar-refractivity contribution < 1.29 is 19.8 Å². The molecule has 3 heterocycles. The molecule has 1 aliphatic rings. The van der Waals surface area contributed by atoms with Gasteiger partial charge in [0.2, 0.25) is 0 Å². The lowest BCUT2D eigenvalue weighted by atomic mass is 10.0. The van der Waals surface area contributed by atoms with Crippen molar-refractivity contribution in [2.24, 2.45) is 0 Å². The normalized spacial score (nSPS) is 17.1. The molecule has 0 spiro atoms. The summed E-state index contributed by atoms with van der Waals surface area (Å²) in [4.78, 5) is 32.6. The highest BCUT2D eigenvalue weighted by Gasteiger charge is 2.38. The summed E-state index contributed by atoms with van der Waals surface area (Å²) in [5, 5.41) is 26.3. The summed E-state index contributed by atoms with van der Waals surface area (Å²) in [7, 11) is 0. The number of imidazole rings is 1. The third kappa shape index (κ3) is 5.47. The van der Waals surface area contributed by atoms with E-state index in [4.69, 9.17) is 11.6 Å². The van der Waals surface area contributed by atoms with Crippen LogP contribution in [0.2, 0.25) is 5.02 Å². The van der Waals surface area contributed by atoms with Crippen LogP contribution >= 0.6 is 22.9 Å². The van der Waals surface area contributed by atoms with Gasteiger partial charge in [0.05, 0.1) is 30.2 Å². The van der Waals surface area contributed by atoms with Crippen LogP contribution in [0.3, 0.4) is 0 Å². The first kappa shape index (κ1) is 26.4. The van der Waals surface area contributed by atoms with Crippen LogP contribution in [0.4, 0.5) is 0 Å². The summed E-state index contributed by atoms with van der Waals surface area (Å²) in [6.45, 7) is 3.24. The minimum atomic E-state index is -1.87. The van der Waals surface area contributed by atoms with Crippen LogP contribution in [0.15, 0.2) is 60.0 Å². The number of aryl methyl sites for hydroxylation is 1. The molecule has 1 unspecified atom stereocenters. The number of carbonyl (C=O) groups excluding carboxylic acids is 2. The molecule has 3 N–H and O–H groups in total. The summed E-state index contributed by atoms with van der Waals surface area (Å²) in [5.74, 6) is -0.545. The Kier molecular flexibility index (Phi) is 7.80. The number of hydrogen-bond donors (Lipinski definition) is 3. The highest BCUT2D eigenvalue weighted by Crippen LogP contribution is 2.33. The molecule has 198 valence electrons. The van der Waals surface area contributed by atoms with Crippen LogP contribution in [0.1, 0.15) is 40.7 Å². The fourth-order valence-corrected chi connectivity index (χ4v) is 6.02. The number of thiophene rings is 1. The predicted molar refractivity (Wildman–Crippen MR) is 147 cm³/mol. The Labute approximate surface area is 229 Å². The van der Waals surface area contributed by atoms with Crippen molar-refractivity contribution in [3.8, 4) is 0 Å². The summed E-state index contributed by atoms with van der Waals surface area (Å²) >= 11 is 7.60. The molecule has 2 aromatic carbocycles. The average molecular weight is 553 g/mol. The molecule has 2 amide bonds. The number of fused-ring (bicyclic) bond motifs is 1. The van der Waals surface area contributed by atoms with Gasteiger partial charge in [0.1, 0.15) is 5.82 Å². The maximum atomic E-state index is 13.0. The van der Waals surface area contributed by atoms with E-state index in [1.807, 2.05) is 54.8 Å². The highest BCUT2D eigenvalue weighted by atomic mass is 35.5. The Balaban J connectivity index is 1.18. The second kappa shape index (κ2) is 11.2. The van der Waals surface area contributed by atoms with Crippen LogP contribution in [-0.4, -0.2) is 55.2 Å². The minimum absolute atomic E-state index is 0.181. The molecule has 0 aliphatic carbocycles. The molecule has 10 heteroatoms. The van der Waals surface area contributed by atoms with E-state index in [0.717, 1.165) is 45.7 Å². The molecule has 2 aromatic heterocycles. The van der Waals surface area contributed by atoms with Gasteiger partial charge in [-0.05, 0) is 66.6 Å². The van der Waals surface area contributed by atoms with Crippen LogP contribution < -0.4 is 5.32 Å². The number of benzene rings is 2. The van der Waals surface area contributed by atoms with Crippen molar-refractivity contribution in [2.75, 3.05) is 6.54 Å². The molecule has 38 heavy (non-hydrogen) atoms. The molecule has 1 fully saturated rings. The zero-order chi connectivity index (χ0) is 26.8. The van der Waals surface area contributed by atoms with Gasteiger partial charge in [-0.25, -0.2) is 4.98 Å². The molecule has 0 radical (unpaired) electrons. The van der Waals surface area contributed by atoms with Gasteiger partial charge in [-0.15, -0.1) is 11.3 Å². The fraction of sp³-hybridized carbons (Fsp3) is 0.321. The van der Waals surface area contributed by atoms with Gasteiger partial charge >= 0.3 is 0 Å². The molecule has 4 aromatic rings. The van der Waals surface area contributed by atoms with E-state index in [1.165, 1.54) is 16.2 Å². The van der Waals surface area contributed by atoms with E-state index in [0.29, 0.717) is 18.1 Å². The maximum Gasteiger partial charge on any atom is 0.255 e. The molecule has 3 atom stereocenters. The molecular formula is C28H29ClN4O4S. The summed E-state index contributed by atoms with van der Waals surface area (Å²) < 4.78 is 2.14. The van der Waals surface area contributed by atoms with Crippen molar-refractivity contribution in [2.45, 2.75) is 51.1 Å². The number of aliphatic hydroxyl groups excluding tert-OH is 2. The third-order valence-electron chi connectivity index (χ3n) is 6.92. The average Bonchev–Trinajstić information content (AvgIpc) is 3.65. The van der Waals surface area contributed by atoms with Gasteiger partial charge in [0, 0.05) is 16.4 Å². The molecular weight excluding hydrogens is 524 g/mol. The molecule has 8 nitrogen and oxygen atoms in total. The molecule has 0 bridgehead atoms. The Morgan fingerprint density at radius 3 is 2.79 bits per heavy atom. The molecule has 5 rings (SSSR count). The number of aliphatic hydroxyl groups is 2.